The Kier molecular flexibility index (Phi) is 4.77. The second-order valence-electron chi connectivity index (χ2n) is 6.77. The summed E-state index contributed by atoms with van der Waals surface area (Å²) in [5.74, 6) is -0.844. The van der Waals surface area contributed by atoms with Crippen molar-refractivity contribution in [2.24, 2.45) is 7.05 Å². The van der Waals surface area contributed by atoms with E-state index in [1.165, 1.54) is 0 Å². The Morgan fingerprint density at radius 1 is 0.933 bits per heavy atom. The van der Waals surface area contributed by atoms with Gasteiger partial charge in [-0.2, -0.15) is 0 Å². The number of aromatic nitrogens is 2. The van der Waals surface area contributed by atoms with E-state index < -0.39 is 11.8 Å². The summed E-state index contributed by atoms with van der Waals surface area (Å²) in [7, 11) is 2.83. The van der Waals surface area contributed by atoms with Crippen molar-refractivity contribution in [1.29, 1.82) is 0 Å². The van der Waals surface area contributed by atoms with Crippen LogP contribution in [-0.2, 0) is 16.6 Å². The number of aliphatic hydroxyl groups excluding tert-OH is 1. The van der Waals surface area contributed by atoms with E-state index in [9.17, 15) is 14.5 Å². The predicted molar refractivity (Wildman–Crippen MR) is 113 cm³/mol. The zero-order chi connectivity index (χ0) is 21.4. The van der Waals surface area contributed by atoms with Gasteiger partial charge in [0.15, 0.2) is 0 Å². The van der Waals surface area contributed by atoms with Crippen LogP contribution in [0.3, 0.4) is 0 Å². The van der Waals surface area contributed by atoms with E-state index in [0.717, 1.165) is 28.9 Å². The number of nitrogens with zero attached hydrogens (tertiary/aromatic N) is 1. The molecule has 2 aromatic heterocycles. The second-order valence-corrected chi connectivity index (χ2v) is 6.77. The Balaban J connectivity index is 0.00000106. The van der Waals surface area contributed by atoms with E-state index in [2.05, 4.69) is 10.3 Å². The van der Waals surface area contributed by atoms with Crippen molar-refractivity contribution in [3.8, 4) is 0 Å². The highest BCUT2D eigenvalue weighted by Gasteiger charge is 2.34. The first-order valence-electron chi connectivity index (χ1n) is 9.17. The molecule has 150 valence electrons. The first kappa shape index (κ1) is 19.3. The fraction of sp³-hybridized carbons (Fsp3) is 0.0909. The van der Waals surface area contributed by atoms with Gasteiger partial charge in [-0.25, -0.2) is 0 Å². The molecule has 2 amide bonds. The lowest BCUT2D eigenvalue weighted by Crippen LogP contribution is -2.55. The van der Waals surface area contributed by atoms with Gasteiger partial charge < -0.3 is 14.7 Å². The van der Waals surface area contributed by atoms with Gasteiger partial charge >= 0.3 is 0 Å². The quantitative estimate of drug-likeness (QED) is 0.386. The van der Waals surface area contributed by atoms with Gasteiger partial charge in [0.2, 0.25) is 0 Å². The van der Waals surface area contributed by atoms with Crippen LogP contribution in [0.25, 0.3) is 33.0 Å². The molecule has 0 fully saturated rings. The minimum atomic E-state index is -0.427. The number of nitroso groups, excluding NO2 is 1. The number of amides is 2. The van der Waals surface area contributed by atoms with Gasteiger partial charge in [-0.1, -0.05) is 18.2 Å². The molecule has 1 aliphatic heterocycles. The summed E-state index contributed by atoms with van der Waals surface area (Å²) in [4.78, 5) is 39.6. The molecule has 4 N–H and O–H groups in total. The normalized spacial score (nSPS) is 13.6. The summed E-state index contributed by atoms with van der Waals surface area (Å²) < 4.78 is 1.83. The van der Waals surface area contributed by atoms with Gasteiger partial charge in [0.05, 0.1) is 16.7 Å². The predicted octanol–water partition coefficient (Wildman–Crippen LogP) is 1.31. The molecule has 0 radical (unpaired) electrons. The number of benzene rings is 2. The van der Waals surface area contributed by atoms with Crippen LogP contribution in [0.4, 0.5) is 5.69 Å². The molecule has 8 heteroatoms. The number of hydrogen-bond donors (Lipinski definition) is 4. The van der Waals surface area contributed by atoms with Gasteiger partial charge in [0, 0.05) is 76.2 Å². The average molecular weight is 403 g/mol. The maximum absolute atomic E-state index is 12.7. The number of carbonyl (C=O) groups excluding carboxylic acids is 2. The van der Waals surface area contributed by atoms with Crippen molar-refractivity contribution in [2.45, 2.75) is 0 Å². The van der Waals surface area contributed by atoms with Crippen molar-refractivity contribution in [3.63, 3.8) is 0 Å². The van der Waals surface area contributed by atoms with Crippen molar-refractivity contribution in [3.05, 3.63) is 70.9 Å². The van der Waals surface area contributed by atoms with Crippen molar-refractivity contribution in [1.82, 2.24) is 14.9 Å². The number of fused-ring (bicyclic) bond motifs is 2. The molecule has 0 bridgehead atoms. The van der Waals surface area contributed by atoms with E-state index in [-0.39, 0.29) is 0 Å². The van der Waals surface area contributed by atoms with Crippen LogP contribution < -0.4 is 10.5 Å². The summed E-state index contributed by atoms with van der Waals surface area (Å²) in [5, 5.41) is 13.0. The van der Waals surface area contributed by atoms with E-state index in [1.54, 1.807) is 24.4 Å². The highest BCUT2D eigenvalue weighted by Crippen LogP contribution is 2.38. The molecule has 0 atom stereocenters. The van der Waals surface area contributed by atoms with Gasteiger partial charge in [0.25, 0.3) is 17.5 Å². The van der Waals surface area contributed by atoms with Crippen LogP contribution in [0.1, 0.15) is 11.1 Å². The highest BCUT2D eigenvalue weighted by atomic mass is 16.3. The zero-order valence-electron chi connectivity index (χ0n) is 16.3. The number of imide groups is 1. The van der Waals surface area contributed by atoms with Crippen LogP contribution in [0.15, 0.2) is 54.9 Å². The summed E-state index contributed by atoms with van der Waals surface area (Å²) in [6.07, 6.45) is 3.56. The minimum Gasteiger partial charge on any atom is -0.400 e. The topological polar surface area (TPSA) is 118 Å². The fourth-order valence-corrected chi connectivity index (χ4v) is 3.89. The third kappa shape index (κ3) is 2.82. The number of rotatable bonds is 3. The van der Waals surface area contributed by atoms with Gasteiger partial charge in [-0.15, -0.1) is 0 Å². The standard InChI is InChI=1S/C21H14N4O3.CH4O/c1-25-10-15(13-7-6-11(24-28)8-17(13)25)19-18(20(26)23-21(19)27)14-9-22-16-5-3-2-4-12(14)16;1-2/h2-10,22H,1H3,(H,23,26,27);2H,1H3/p+1. The number of aryl methyl sites for hydroxylation is 1. The smallest absolute Gasteiger partial charge is 0.259 e. The second kappa shape index (κ2) is 7.41. The fourth-order valence-electron chi connectivity index (χ4n) is 3.89. The highest BCUT2D eigenvalue weighted by molar-refractivity contribution is 6.50. The number of hydrogen-bond acceptors (Lipinski definition) is 4. The number of aromatic amines is 1. The molecule has 0 aliphatic carbocycles. The average Bonchev–Trinajstić information content (AvgIpc) is 3.42. The van der Waals surface area contributed by atoms with Crippen LogP contribution in [-0.4, -0.2) is 33.6 Å². The molecule has 5 rings (SSSR count). The van der Waals surface area contributed by atoms with E-state index in [1.807, 2.05) is 47.3 Å². The number of aliphatic hydroxyl groups is 1. The molecular weight excluding hydrogens is 384 g/mol. The Bertz CT molecular complexity index is 1360. The number of carbonyl (C=O) groups is 2. The number of nitrogens with one attached hydrogen (secondary N) is 3. The van der Waals surface area contributed by atoms with Crippen molar-refractivity contribution in [2.75, 3.05) is 7.11 Å². The summed E-state index contributed by atoms with van der Waals surface area (Å²) in [6.45, 7) is 0. The van der Waals surface area contributed by atoms with E-state index in [4.69, 9.17) is 5.11 Å². The Morgan fingerprint density at radius 2 is 1.63 bits per heavy atom. The van der Waals surface area contributed by atoms with Crippen LogP contribution in [0, 0.1) is 4.91 Å². The number of para-hydroxylation sites is 1. The molecule has 0 saturated carbocycles. The molecule has 0 unspecified atom stereocenters. The largest absolute Gasteiger partial charge is 0.400 e. The van der Waals surface area contributed by atoms with Gasteiger partial charge in [0.1, 0.15) is 0 Å². The third-order valence-electron chi connectivity index (χ3n) is 5.17. The Morgan fingerprint density at radius 3 is 2.37 bits per heavy atom. The SMILES string of the molecule is CO.Cn1cc(C2=C(c3c[nH]c4ccccc34)C(=O)NC2=O)c2ccc([NH+]=O)cc21. The molecule has 2 aromatic carbocycles. The zero-order valence-corrected chi connectivity index (χ0v) is 16.3. The van der Waals surface area contributed by atoms with E-state index in [0.29, 0.717) is 28.0 Å². The molecule has 1 aliphatic rings. The van der Waals surface area contributed by atoms with E-state index >= 15 is 0 Å². The molecule has 0 saturated heterocycles. The molecule has 30 heavy (non-hydrogen) atoms. The lowest BCUT2D eigenvalue weighted by Gasteiger charge is -2.03. The monoisotopic (exact) mass is 403 g/mol. The summed E-state index contributed by atoms with van der Waals surface area (Å²) in [5.41, 5.74) is 4.12. The molecule has 8 nitrogen and oxygen atoms in total. The maximum atomic E-state index is 12.7. The van der Waals surface area contributed by atoms with Crippen molar-refractivity contribution < 1.29 is 19.9 Å². The molecule has 3 heterocycles. The molecule has 0 spiro atoms. The molecule has 4 aromatic rings. The van der Waals surface area contributed by atoms with Crippen LogP contribution in [0.5, 0.6) is 0 Å². The maximum Gasteiger partial charge on any atom is 0.259 e. The Labute approximate surface area is 170 Å². The minimum absolute atomic E-state index is 0.336. The number of H-pyrrole nitrogens is 1. The first-order valence-corrected chi connectivity index (χ1v) is 9.17. The lowest BCUT2D eigenvalue weighted by atomic mass is 9.95. The summed E-state index contributed by atoms with van der Waals surface area (Å²) >= 11 is 0. The third-order valence-corrected chi connectivity index (χ3v) is 5.17. The van der Waals surface area contributed by atoms with Crippen LogP contribution in [0.2, 0.25) is 0 Å². The molecular formula is C22H19N4O4+. The van der Waals surface area contributed by atoms with Crippen molar-refractivity contribution >= 4 is 50.5 Å². The van der Waals surface area contributed by atoms with Crippen LogP contribution >= 0.6 is 0 Å². The summed E-state index contributed by atoms with van der Waals surface area (Å²) in [6, 6.07) is 12.8. The van der Waals surface area contributed by atoms with Gasteiger partial charge in [-0.3, -0.25) is 14.9 Å². The van der Waals surface area contributed by atoms with Gasteiger partial charge in [-0.05, 0) is 12.1 Å². The lowest BCUT2D eigenvalue weighted by molar-refractivity contribution is -0.379. The Hall–Kier alpha value is -4.04. The first-order chi connectivity index (χ1) is 14.6.